The molecule has 0 fully saturated rings. The average molecular weight is 260 g/mol. The van der Waals surface area contributed by atoms with Crippen LogP contribution in [-0.4, -0.2) is 5.78 Å². The number of carbonyl (C=O) groups excluding carboxylic acids is 1. The Balaban J connectivity index is 2.67. The highest BCUT2D eigenvalue weighted by Crippen LogP contribution is 2.32. The van der Waals surface area contributed by atoms with Crippen LogP contribution in [0.25, 0.3) is 0 Å². The highest BCUT2D eigenvalue weighted by molar-refractivity contribution is 9.10. The smallest absolute Gasteiger partial charge is 0.164 e. The first-order valence-corrected chi connectivity index (χ1v) is 5.37. The van der Waals surface area contributed by atoms with E-state index in [0.29, 0.717) is 11.4 Å². The van der Waals surface area contributed by atoms with Gasteiger partial charge in [0.25, 0.3) is 0 Å². The molecule has 2 rings (SSSR count). The molecule has 0 aliphatic heterocycles. The molecule has 0 atom stereocenters. The zero-order valence-electron chi connectivity index (χ0n) is 6.94. The van der Waals surface area contributed by atoms with Crippen molar-refractivity contribution in [2.45, 2.75) is 19.3 Å². The highest BCUT2D eigenvalue weighted by atomic mass is 79.9. The lowest BCUT2D eigenvalue weighted by Gasteiger charge is -2.17. The summed E-state index contributed by atoms with van der Waals surface area (Å²) in [7, 11) is 0. The quantitative estimate of drug-likeness (QED) is 0.695. The topological polar surface area (TPSA) is 17.1 Å². The van der Waals surface area contributed by atoms with Crippen molar-refractivity contribution < 1.29 is 4.79 Å². The molecule has 0 unspecified atom stereocenters. The molecule has 1 nitrogen and oxygen atoms in total. The van der Waals surface area contributed by atoms with Crippen molar-refractivity contribution >= 4 is 33.3 Å². The first-order chi connectivity index (χ1) is 6.20. The Morgan fingerprint density at radius 2 is 2.08 bits per heavy atom. The van der Waals surface area contributed by atoms with Crippen LogP contribution in [0, 0.1) is 0 Å². The largest absolute Gasteiger partial charge is 0.294 e. The van der Waals surface area contributed by atoms with Crippen LogP contribution in [-0.2, 0) is 6.42 Å². The van der Waals surface area contributed by atoms with Crippen LogP contribution in [0.2, 0.25) is 5.02 Å². The molecule has 0 aromatic heterocycles. The molecule has 13 heavy (non-hydrogen) atoms. The lowest BCUT2D eigenvalue weighted by atomic mass is 9.91. The van der Waals surface area contributed by atoms with Gasteiger partial charge in [-0.1, -0.05) is 27.5 Å². The van der Waals surface area contributed by atoms with E-state index in [1.807, 2.05) is 6.07 Å². The fraction of sp³-hybridized carbons (Fsp3) is 0.300. The van der Waals surface area contributed by atoms with E-state index in [-0.39, 0.29) is 5.78 Å². The zero-order valence-corrected chi connectivity index (χ0v) is 9.28. The summed E-state index contributed by atoms with van der Waals surface area (Å²) in [6, 6.07) is 3.67. The molecule has 0 heterocycles. The number of halogens is 2. The summed E-state index contributed by atoms with van der Waals surface area (Å²) in [5, 5.41) is 0.586. The van der Waals surface area contributed by atoms with E-state index in [4.69, 9.17) is 11.6 Å². The predicted molar refractivity (Wildman–Crippen MR) is 56.4 cm³/mol. The van der Waals surface area contributed by atoms with Crippen LogP contribution in [0.5, 0.6) is 0 Å². The number of Topliss-reactive ketones (excluding diaryl/α,β-unsaturated/α-hetero) is 1. The monoisotopic (exact) mass is 258 g/mol. The summed E-state index contributed by atoms with van der Waals surface area (Å²) in [4.78, 5) is 11.6. The molecule has 0 bridgehead atoms. The van der Waals surface area contributed by atoms with Crippen molar-refractivity contribution in [3.05, 3.63) is 32.8 Å². The minimum Gasteiger partial charge on any atom is -0.294 e. The third-order valence-corrected chi connectivity index (χ3v) is 3.37. The number of hydrogen-bond acceptors (Lipinski definition) is 1. The molecular formula is C10H8BrClO. The van der Waals surface area contributed by atoms with E-state index in [0.717, 1.165) is 28.4 Å². The van der Waals surface area contributed by atoms with E-state index in [2.05, 4.69) is 15.9 Å². The average Bonchev–Trinajstić information content (AvgIpc) is 2.12. The van der Waals surface area contributed by atoms with Crippen molar-refractivity contribution in [2.75, 3.05) is 0 Å². The Labute approximate surface area is 90.2 Å². The standard InChI is InChI=1S/C10H8BrClO/c11-7-4-5-8(12)10-6(7)2-1-3-9(10)13/h4-5H,1-3H2. The summed E-state index contributed by atoms with van der Waals surface area (Å²) >= 11 is 9.40. The van der Waals surface area contributed by atoms with Gasteiger partial charge in [0.05, 0.1) is 5.02 Å². The lowest BCUT2D eigenvalue weighted by Crippen LogP contribution is -2.11. The Hall–Kier alpha value is -0.340. The second kappa shape index (κ2) is 3.43. The van der Waals surface area contributed by atoms with Gasteiger partial charge in [-0.05, 0) is 30.5 Å². The molecule has 1 aromatic rings. The summed E-state index contributed by atoms with van der Waals surface area (Å²) in [6.07, 6.45) is 2.51. The van der Waals surface area contributed by atoms with E-state index >= 15 is 0 Å². The molecule has 0 amide bonds. The normalized spacial score (nSPS) is 15.7. The van der Waals surface area contributed by atoms with Crippen molar-refractivity contribution in [3.8, 4) is 0 Å². The molecular weight excluding hydrogens is 251 g/mol. The van der Waals surface area contributed by atoms with Gasteiger partial charge in [-0.15, -0.1) is 0 Å². The molecule has 0 saturated carbocycles. The predicted octanol–water partition coefficient (Wildman–Crippen LogP) is 3.62. The number of fused-ring (bicyclic) bond motifs is 1. The van der Waals surface area contributed by atoms with Gasteiger partial charge in [0.15, 0.2) is 5.78 Å². The van der Waals surface area contributed by atoms with Gasteiger partial charge in [-0.3, -0.25) is 4.79 Å². The van der Waals surface area contributed by atoms with Crippen LogP contribution in [0.3, 0.4) is 0 Å². The summed E-state index contributed by atoms with van der Waals surface area (Å²) in [5.41, 5.74) is 1.80. The number of benzene rings is 1. The molecule has 3 heteroatoms. The van der Waals surface area contributed by atoms with Crippen molar-refractivity contribution in [2.24, 2.45) is 0 Å². The molecule has 1 aromatic carbocycles. The molecule has 1 aliphatic rings. The fourth-order valence-corrected chi connectivity index (χ4v) is 2.50. The van der Waals surface area contributed by atoms with Gasteiger partial charge in [0.2, 0.25) is 0 Å². The van der Waals surface area contributed by atoms with E-state index in [1.165, 1.54) is 0 Å². The minimum absolute atomic E-state index is 0.174. The molecule has 0 saturated heterocycles. The molecule has 68 valence electrons. The Kier molecular flexibility index (Phi) is 2.43. The summed E-state index contributed by atoms with van der Waals surface area (Å²) < 4.78 is 1.000. The number of hydrogen-bond donors (Lipinski definition) is 0. The summed E-state index contributed by atoms with van der Waals surface area (Å²) in [6.45, 7) is 0. The molecule has 0 radical (unpaired) electrons. The maximum Gasteiger partial charge on any atom is 0.164 e. The maximum absolute atomic E-state index is 11.6. The first-order valence-electron chi connectivity index (χ1n) is 4.20. The molecule has 1 aliphatic carbocycles. The second-order valence-electron chi connectivity index (χ2n) is 3.16. The summed E-state index contributed by atoms with van der Waals surface area (Å²) in [5.74, 6) is 0.174. The third-order valence-electron chi connectivity index (χ3n) is 2.31. The second-order valence-corrected chi connectivity index (χ2v) is 4.42. The van der Waals surface area contributed by atoms with Crippen molar-refractivity contribution in [3.63, 3.8) is 0 Å². The van der Waals surface area contributed by atoms with E-state index in [1.54, 1.807) is 6.07 Å². The van der Waals surface area contributed by atoms with Gasteiger partial charge in [0.1, 0.15) is 0 Å². The Bertz CT molecular complexity index is 373. The Morgan fingerprint density at radius 3 is 2.77 bits per heavy atom. The van der Waals surface area contributed by atoms with Crippen LogP contribution in [0.15, 0.2) is 16.6 Å². The van der Waals surface area contributed by atoms with E-state index < -0.39 is 0 Å². The van der Waals surface area contributed by atoms with Gasteiger partial charge >= 0.3 is 0 Å². The Morgan fingerprint density at radius 1 is 1.31 bits per heavy atom. The van der Waals surface area contributed by atoms with Gasteiger partial charge < -0.3 is 0 Å². The molecule has 0 N–H and O–H groups in total. The zero-order chi connectivity index (χ0) is 9.42. The van der Waals surface area contributed by atoms with Crippen LogP contribution in [0.1, 0.15) is 28.8 Å². The SMILES string of the molecule is O=C1CCCc2c(Br)ccc(Cl)c21. The van der Waals surface area contributed by atoms with Gasteiger partial charge in [0, 0.05) is 16.5 Å². The fourth-order valence-electron chi connectivity index (χ4n) is 1.69. The minimum atomic E-state index is 0.174. The van der Waals surface area contributed by atoms with Gasteiger partial charge in [-0.25, -0.2) is 0 Å². The van der Waals surface area contributed by atoms with Crippen LogP contribution >= 0.6 is 27.5 Å². The number of rotatable bonds is 0. The van der Waals surface area contributed by atoms with Crippen molar-refractivity contribution in [1.29, 1.82) is 0 Å². The lowest BCUT2D eigenvalue weighted by molar-refractivity contribution is 0.0972. The van der Waals surface area contributed by atoms with E-state index in [9.17, 15) is 4.79 Å². The first kappa shape index (κ1) is 9.22. The third kappa shape index (κ3) is 1.53. The number of carbonyl (C=O) groups is 1. The van der Waals surface area contributed by atoms with Crippen LogP contribution < -0.4 is 0 Å². The maximum atomic E-state index is 11.6. The number of ketones is 1. The van der Waals surface area contributed by atoms with Crippen molar-refractivity contribution in [1.82, 2.24) is 0 Å². The highest BCUT2D eigenvalue weighted by Gasteiger charge is 2.21. The van der Waals surface area contributed by atoms with Gasteiger partial charge in [-0.2, -0.15) is 0 Å². The molecule has 0 spiro atoms. The van der Waals surface area contributed by atoms with Crippen LogP contribution in [0.4, 0.5) is 0 Å².